The second-order valence-electron chi connectivity index (χ2n) is 5.32. The Morgan fingerprint density at radius 2 is 2.26 bits per heavy atom. The number of hydrogen-bond donors (Lipinski definition) is 2. The Bertz CT molecular complexity index is 445. The van der Waals surface area contributed by atoms with Gasteiger partial charge in [-0.1, -0.05) is 42.8 Å². The number of oxime groups is 1. The summed E-state index contributed by atoms with van der Waals surface area (Å²) >= 11 is 0. The van der Waals surface area contributed by atoms with Gasteiger partial charge in [-0.2, -0.15) is 0 Å². The van der Waals surface area contributed by atoms with E-state index in [-0.39, 0.29) is 5.84 Å². The van der Waals surface area contributed by atoms with Crippen molar-refractivity contribution in [2.75, 3.05) is 13.1 Å². The van der Waals surface area contributed by atoms with Gasteiger partial charge >= 0.3 is 0 Å². The topological polar surface area (TPSA) is 61.8 Å². The molecule has 1 unspecified atom stereocenters. The number of amidine groups is 1. The molecule has 4 nitrogen and oxygen atoms in total. The molecule has 1 heterocycles. The number of rotatable bonds is 5. The van der Waals surface area contributed by atoms with Gasteiger partial charge in [-0.05, 0) is 30.9 Å². The smallest absolute Gasteiger partial charge is 0.170 e. The lowest BCUT2D eigenvalue weighted by Crippen LogP contribution is -2.23. The summed E-state index contributed by atoms with van der Waals surface area (Å²) in [7, 11) is 0. The van der Waals surface area contributed by atoms with Crippen molar-refractivity contribution in [3.8, 4) is 0 Å². The van der Waals surface area contributed by atoms with Crippen molar-refractivity contribution in [2.24, 2.45) is 16.8 Å². The SMILES string of the molecule is CCCC1CCN(Cc2ccccc2/C(N)=N/O)C1. The summed E-state index contributed by atoms with van der Waals surface area (Å²) in [6.45, 7) is 5.44. The second kappa shape index (κ2) is 6.57. The van der Waals surface area contributed by atoms with Crippen molar-refractivity contribution >= 4 is 5.84 Å². The van der Waals surface area contributed by atoms with Crippen LogP contribution in [0.15, 0.2) is 29.4 Å². The summed E-state index contributed by atoms with van der Waals surface area (Å²) in [5, 5.41) is 11.9. The molecule has 0 aromatic heterocycles. The van der Waals surface area contributed by atoms with E-state index in [0.29, 0.717) is 0 Å². The van der Waals surface area contributed by atoms with Crippen LogP contribution in [0.3, 0.4) is 0 Å². The molecule has 0 amide bonds. The van der Waals surface area contributed by atoms with E-state index in [0.717, 1.165) is 30.1 Å². The molecule has 3 N–H and O–H groups in total. The summed E-state index contributed by atoms with van der Waals surface area (Å²) in [5.41, 5.74) is 7.70. The third kappa shape index (κ3) is 3.47. The lowest BCUT2D eigenvalue weighted by atomic mass is 10.0. The Morgan fingerprint density at radius 3 is 3.00 bits per heavy atom. The maximum absolute atomic E-state index is 8.83. The van der Waals surface area contributed by atoms with Gasteiger partial charge in [0.05, 0.1) is 0 Å². The predicted octanol–water partition coefficient (Wildman–Crippen LogP) is 2.40. The van der Waals surface area contributed by atoms with Gasteiger partial charge in [0.2, 0.25) is 0 Å². The zero-order chi connectivity index (χ0) is 13.7. The first-order chi connectivity index (χ1) is 9.24. The summed E-state index contributed by atoms with van der Waals surface area (Å²) in [4.78, 5) is 2.46. The Morgan fingerprint density at radius 1 is 1.47 bits per heavy atom. The van der Waals surface area contributed by atoms with Gasteiger partial charge in [-0.15, -0.1) is 0 Å². The first-order valence-electron chi connectivity index (χ1n) is 7.02. The number of nitrogens with zero attached hydrogens (tertiary/aromatic N) is 2. The molecule has 0 radical (unpaired) electrons. The summed E-state index contributed by atoms with van der Waals surface area (Å²) in [6.07, 6.45) is 3.87. The number of benzene rings is 1. The predicted molar refractivity (Wildman–Crippen MR) is 77.2 cm³/mol. The number of likely N-dealkylation sites (tertiary alicyclic amines) is 1. The lowest BCUT2D eigenvalue weighted by Gasteiger charge is -2.18. The molecule has 1 saturated heterocycles. The Kier molecular flexibility index (Phi) is 4.80. The van der Waals surface area contributed by atoms with E-state index in [4.69, 9.17) is 10.9 Å². The zero-order valence-electron chi connectivity index (χ0n) is 11.5. The van der Waals surface area contributed by atoms with Gasteiger partial charge in [0.25, 0.3) is 0 Å². The first kappa shape index (κ1) is 13.9. The van der Waals surface area contributed by atoms with Gasteiger partial charge in [0, 0.05) is 18.7 Å². The molecule has 1 aromatic carbocycles. The fourth-order valence-electron chi connectivity index (χ4n) is 2.90. The number of nitrogens with two attached hydrogens (primary N) is 1. The van der Waals surface area contributed by atoms with E-state index in [1.54, 1.807) is 0 Å². The van der Waals surface area contributed by atoms with Crippen molar-refractivity contribution in [3.05, 3.63) is 35.4 Å². The highest BCUT2D eigenvalue weighted by Crippen LogP contribution is 2.23. The molecule has 1 fully saturated rings. The van der Waals surface area contributed by atoms with Crippen LogP contribution >= 0.6 is 0 Å². The van der Waals surface area contributed by atoms with Gasteiger partial charge in [-0.25, -0.2) is 0 Å². The molecule has 1 atom stereocenters. The molecule has 19 heavy (non-hydrogen) atoms. The van der Waals surface area contributed by atoms with Crippen LogP contribution in [0.1, 0.15) is 37.3 Å². The van der Waals surface area contributed by atoms with E-state index >= 15 is 0 Å². The van der Waals surface area contributed by atoms with E-state index in [2.05, 4.69) is 23.0 Å². The first-order valence-corrected chi connectivity index (χ1v) is 7.02. The lowest BCUT2D eigenvalue weighted by molar-refractivity contribution is 0.311. The van der Waals surface area contributed by atoms with E-state index in [1.165, 1.54) is 25.8 Å². The Hall–Kier alpha value is -1.55. The molecular weight excluding hydrogens is 238 g/mol. The minimum atomic E-state index is 0.194. The van der Waals surface area contributed by atoms with Crippen molar-refractivity contribution in [1.29, 1.82) is 0 Å². The van der Waals surface area contributed by atoms with Crippen LogP contribution in [-0.4, -0.2) is 29.0 Å². The molecule has 1 aromatic rings. The minimum absolute atomic E-state index is 0.194. The molecule has 0 saturated carbocycles. The molecule has 104 valence electrons. The maximum Gasteiger partial charge on any atom is 0.170 e. The van der Waals surface area contributed by atoms with E-state index in [1.807, 2.05) is 18.2 Å². The highest BCUT2D eigenvalue weighted by atomic mass is 16.4. The highest BCUT2D eigenvalue weighted by molar-refractivity contribution is 5.98. The van der Waals surface area contributed by atoms with Crippen molar-refractivity contribution in [3.63, 3.8) is 0 Å². The molecule has 1 aliphatic rings. The number of hydrogen-bond acceptors (Lipinski definition) is 3. The quantitative estimate of drug-likeness (QED) is 0.370. The van der Waals surface area contributed by atoms with Crippen LogP contribution in [0.2, 0.25) is 0 Å². The summed E-state index contributed by atoms with van der Waals surface area (Å²) < 4.78 is 0. The average Bonchev–Trinajstić information content (AvgIpc) is 2.86. The van der Waals surface area contributed by atoms with E-state index in [9.17, 15) is 0 Å². The summed E-state index contributed by atoms with van der Waals surface area (Å²) in [5.74, 6) is 1.03. The molecule has 0 spiro atoms. The van der Waals surface area contributed by atoms with Crippen molar-refractivity contribution in [1.82, 2.24) is 4.90 Å². The van der Waals surface area contributed by atoms with Gasteiger partial charge in [-0.3, -0.25) is 4.90 Å². The normalized spacial score (nSPS) is 20.9. The Labute approximate surface area is 114 Å². The fraction of sp³-hybridized carbons (Fsp3) is 0.533. The monoisotopic (exact) mass is 261 g/mol. The van der Waals surface area contributed by atoms with Crippen LogP contribution in [0.4, 0.5) is 0 Å². The van der Waals surface area contributed by atoms with Crippen molar-refractivity contribution < 1.29 is 5.21 Å². The second-order valence-corrected chi connectivity index (χ2v) is 5.32. The van der Waals surface area contributed by atoms with Crippen molar-refractivity contribution in [2.45, 2.75) is 32.7 Å². The zero-order valence-corrected chi connectivity index (χ0v) is 11.5. The maximum atomic E-state index is 8.83. The highest BCUT2D eigenvalue weighted by Gasteiger charge is 2.22. The minimum Gasteiger partial charge on any atom is -0.409 e. The Balaban J connectivity index is 2.04. The average molecular weight is 261 g/mol. The van der Waals surface area contributed by atoms with Crippen LogP contribution < -0.4 is 5.73 Å². The van der Waals surface area contributed by atoms with E-state index < -0.39 is 0 Å². The van der Waals surface area contributed by atoms with Crippen LogP contribution in [0.5, 0.6) is 0 Å². The standard InChI is InChI=1S/C15H23N3O/c1-2-5-12-8-9-18(10-12)11-13-6-3-4-7-14(13)15(16)17-19/h3-4,6-7,12,19H,2,5,8-11H2,1H3,(H2,16,17). The molecule has 2 rings (SSSR count). The molecule has 0 aliphatic carbocycles. The van der Waals surface area contributed by atoms with Crippen LogP contribution in [0, 0.1) is 5.92 Å². The largest absolute Gasteiger partial charge is 0.409 e. The third-order valence-corrected chi connectivity index (χ3v) is 3.86. The third-order valence-electron chi connectivity index (χ3n) is 3.86. The van der Waals surface area contributed by atoms with Crippen LogP contribution in [-0.2, 0) is 6.54 Å². The van der Waals surface area contributed by atoms with Gasteiger partial charge < -0.3 is 10.9 Å². The van der Waals surface area contributed by atoms with Crippen LogP contribution in [0.25, 0.3) is 0 Å². The fourth-order valence-corrected chi connectivity index (χ4v) is 2.90. The summed E-state index contributed by atoms with van der Waals surface area (Å²) in [6, 6.07) is 7.88. The van der Waals surface area contributed by atoms with Gasteiger partial charge in [0.15, 0.2) is 5.84 Å². The molecule has 0 bridgehead atoms. The van der Waals surface area contributed by atoms with Gasteiger partial charge in [0.1, 0.15) is 0 Å². The molecule has 1 aliphatic heterocycles. The molecule has 4 heteroatoms. The molecular formula is C15H23N3O.